The van der Waals surface area contributed by atoms with Crippen LogP contribution < -0.4 is 5.32 Å². The van der Waals surface area contributed by atoms with Crippen molar-refractivity contribution < 1.29 is 9.59 Å². The lowest BCUT2D eigenvalue weighted by Crippen LogP contribution is -2.52. The number of nitrogens with zero attached hydrogens (tertiary/aromatic N) is 1. The van der Waals surface area contributed by atoms with E-state index in [2.05, 4.69) is 17.4 Å². The van der Waals surface area contributed by atoms with E-state index in [1.165, 1.54) is 25.7 Å². The Hall–Kier alpha value is -1.49. The molecule has 2 heterocycles. The fourth-order valence-electron chi connectivity index (χ4n) is 4.56. The third-order valence-electron chi connectivity index (χ3n) is 5.86. The minimum atomic E-state index is -0.343. The van der Waals surface area contributed by atoms with Gasteiger partial charge >= 0.3 is 0 Å². The molecule has 1 aromatic carbocycles. The second-order valence-corrected chi connectivity index (χ2v) is 8.74. The van der Waals surface area contributed by atoms with E-state index < -0.39 is 0 Å². The van der Waals surface area contributed by atoms with E-state index in [4.69, 9.17) is 0 Å². The average Bonchev–Trinajstić information content (AvgIpc) is 3.06. The molecule has 1 aliphatic carbocycles. The van der Waals surface area contributed by atoms with Crippen LogP contribution in [0.15, 0.2) is 30.3 Å². The van der Waals surface area contributed by atoms with Gasteiger partial charge in [0.05, 0.1) is 0 Å². The van der Waals surface area contributed by atoms with Gasteiger partial charge in [-0.05, 0) is 24.8 Å². The van der Waals surface area contributed by atoms with Gasteiger partial charge in [-0.25, -0.2) is 0 Å². The van der Waals surface area contributed by atoms with Crippen molar-refractivity contribution in [1.82, 2.24) is 10.2 Å². The number of nitrogens with one attached hydrogen (secondary N) is 1. The van der Waals surface area contributed by atoms with E-state index in [9.17, 15) is 9.59 Å². The van der Waals surface area contributed by atoms with E-state index in [1.54, 1.807) is 11.8 Å². The first-order valence-corrected chi connectivity index (χ1v) is 10.5. The molecule has 0 aromatic heterocycles. The van der Waals surface area contributed by atoms with E-state index in [1.807, 2.05) is 23.1 Å². The van der Waals surface area contributed by atoms with E-state index >= 15 is 0 Å². The molecule has 1 saturated carbocycles. The molecule has 25 heavy (non-hydrogen) atoms. The molecular weight excluding hydrogens is 332 g/mol. The number of hydrogen-bond donors (Lipinski definition) is 1. The zero-order chi connectivity index (χ0) is 17.3. The topological polar surface area (TPSA) is 49.4 Å². The van der Waals surface area contributed by atoms with Crippen LogP contribution in [0.4, 0.5) is 0 Å². The molecule has 3 aliphatic rings. The molecule has 1 aromatic rings. The maximum absolute atomic E-state index is 13.0. The summed E-state index contributed by atoms with van der Waals surface area (Å²) in [6, 6.07) is 10.2. The number of hydrogen-bond acceptors (Lipinski definition) is 3. The van der Waals surface area contributed by atoms with Crippen LogP contribution in [0.2, 0.25) is 0 Å². The summed E-state index contributed by atoms with van der Waals surface area (Å²) in [6.45, 7) is 0. The molecule has 0 spiro atoms. The lowest BCUT2D eigenvalue weighted by Gasteiger charge is -2.34. The molecule has 4 nitrogen and oxygen atoms in total. The van der Waals surface area contributed by atoms with Gasteiger partial charge in [-0.1, -0.05) is 56.0 Å². The largest absolute Gasteiger partial charge is 0.352 e. The first-order valence-electron chi connectivity index (χ1n) is 9.53. The van der Waals surface area contributed by atoms with Crippen LogP contribution in [0, 0.1) is 0 Å². The second kappa shape index (κ2) is 7.02. The summed E-state index contributed by atoms with van der Waals surface area (Å²) in [7, 11) is 0. The normalized spacial score (nSPS) is 30.2. The summed E-state index contributed by atoms with van der Waals surface area (Å²) in [5.74, 6) is 0.862. The van der Waals surface area contributed by atoms with Crippen LogP contribution in [-0.4, -0.2) is 34.6 Å². The number of benzene rings is 1. The summed E-state index contributed by atoms with van der Waals surface area (Å²) in [5.41, 5.74) is 1.15. The summed E-state index contributed by atoms with van der Waals surface area (Å²) in [5, 5.41) is 3.26. The van der Waals surface area contributed by atoms with Crippen molar-refractivity contribution in [2.75, 3.05) is 5.75 Å². The molecule has 5 heteroatoms. The Kier molecular flexibility index (Phi) is 4.76. The minimum Gasteiger partial charge on any atom is -0.352 e. The smallest absolute Gasteiger partial charge is 0.243 e. The Morgan fingerprint density at radius 3 is 2.56 bits per heavy atom. The summed E-state index contributed by atoms with van der Waals surface area (Å²) < 4.78 is 0. The molecule has 2 amide bonds. The molecule has 0 unspecified atom stereocenters. The van der Waals surface area contributed by atoms with Crippen molar-refractivity contribution in [3.05, 3.63) is 35.9 Å². The highest BCUT2D eigenvalue weighted by molar-refractivity contribution is 8.00. The van der Waals surface area contributed by atoms with Gasteiger partial charge in [0.1, 0.15) is 10.9 Å². The lowest BCUT2D eigenvalue weighted by molar-refractivity contribution is -0.138. The van der Waals surface area contributed by atoms with Gasteiger partial charge in [0.15, 0.2) is 0 Å². The van der Waals surface area contributed by atoms with Crippen molar-refractivity contribution in [3.8, 4) is 0 Å². The van der Waals surface area contributed by atoms with Gasteiger partial charge in [-0.15, -0.1) is 11.8 Å². The first kappa shape index (κ1) is 17.0. The van der Waals surface area contributed by atoms with Gasteiger partial charge in [0, 0.05) is 18.2 Å². The van der Waals surface area contributed by atoms with E-state index in [0.29, 0.717) is 12.2 Å². The maximum atomic E-state index is 13.0. The third-order valence-corrected chi connectivity index (χ3v) is 7.45. The Bertz CT molecular complexity index is 642. The number of fused-ring (bicyclic) bond motifs is 1. The molecule has 4 rings (SSSR count). The Labute approximate surface area is 153 Å². The SMILES string of the molecule is O=C(NC1CCCCCC1)[C@@H]1CS[C@@]2(c3ccccc3)CCC(=O)N12. The number of rotatable bonds is 3. The molecular formula is C20H26N2O2S. The Morgan fingerprint density at radius 1 is 1.12 bits per heavy atom. The van der Waals surface area contributed by atoms with Crippen LogP contribution in [-0.2, 0) is 14.5 Å². The number of amides is 2. The van der Waals surface area contributed by atoms with Gasteiger partial charge in [-0.3, -0.25) is 9.59 Å². The van der Waals surface area contributed by atoms with Gasteiger partial charge < -0.3 is 10.2 Å². The Morgan fingerprint density at radius 2 is 1.84 bits per heavy atom. The summed E-state index contributed by atoms with van der Waals surface area (Å²) in [4.78, 5) is 27.1. The van der Waals surface area contributed by atoms with Gasteiger partial charge in [0.2, 0.25) is 11.8 Å². The molecule has 2 saturated heterocycles. The fraction of sp³-hybridized carbons (Fsp3) is 0.600. The fourth-order valence-corrected chi connectivity index (χ4v) is 6.21. The molecule has 0 radical (unpaired) electrons. The molecule has 134 valence electrons. The minimum absolute atomic E-state index is 0.0486. The zero-order valence-electron chi connectivity index (χ0n) is 14.6. The highest BCUT2D eigenvalue weighted by Crippen LogP contribution is 2.54. The summed E-state index contributed by atoms with van der Waals surface area (Å²) >= 11 is 1.76. The van der Waals surface area contributed by atoms with Crippen LogP contribution in [0.5, 0.6) is 0 Å². The standard InChI is InChI=1S/C20H26N2O2S/c23-18-12-13-20(15-8-4-3-5-9-15)22(18)17(14-25-20)19(24)21-16-10-6-1-2-7-11-16/h3-5,8-9,16-17H,1-2,6-7,10-14H2,(H,21,24)/t17-,20+/m0/s1. The van der Waals surface area contributed by atoms with Crippen molar-refractivity contribution >= 4 is 23.6 Å². The second-order valence-electron chi connectivity index (χ2n) is 7.44. The van der Waals surface area contributed by atoms with Crippen LogP contribution in [0.25, 0.3) is 0 Å². The first-order chi connectivity index (χ1) is 12.2. The third kappa shape index (κ3) is 3.07. The molecule has 1 N–H and O–H groups in total. The highest BCUT2D eigenvalue weighted by atomic mass is 32.2. The lowest BCUT2D eigenvalue weighted by atomic mass is 10.0. The van der Waals surface area contributed by atoms with Gasteiger partial charge in [0.25, 0.3) is 0 Å². The molecule has 3 fully saturated rings. The molecule has 2 aliphatic heterocycles. The monoisotopic (exact) mass is 358 g/mol. The van der Waals surface area contributed by atoms with Crippen molar-refractivity contribution in [2.45, 2.75) is 68.3 Å². The average molecular weight is 359 g/mol. The maximum Gasteiger partial charge on any atom is 0.243 e. The predicted octanol–water partition coefficient (Wildman–Crippen LogP) is 3.42. The predicted molar refractivity (Wildman–Crippen MR) is 100 cm³/mol. The number of carbonyl (C=O) groups excluding carboxylic acids is 2. The van der Waals surface area contributed by atoms with Crippen LogP contribution in [0.1, 0.15) is 56.9 Å². The number of thioether (sulfide) groups is 1. The number of carbonyl (C=O) groups is 2. The molecule has 2 atom stereocenters. The van der Waals surface area contributed by atoms with Crippen molar-refractivity contribution in [1.29, 1.82) is 0 Å². The Balaban J connectivity index is 1.53. The van der Waals surface area contributed by atoms with E-state index in [-0.39, 0.29) is 28.8 Å². The summed E-state index contributed by atoms with van der Waals surface area (Å²) in [6.07, 6.45) is 8.41. The van der Waals surface area contributed by atoms with E-state index in [0.717, 1.165) is 24.8 Å². The van der Waals surface area contributed by atoms with Gasteiger partial charge in [-0.2, -0.15) is 0 Å². The quantitative estimate of drug-likeness (QED) is 0.843. The van der Waals surface area contributed by atoms with Crippen molar-refractivity contribution in [2.24, 2.45) is 0 Å². The van der Waals surface area contributed by atoms with Crippen molar-refractivity contribution in [3.63, 3.8) is 0 Å². The molecule has 0 bridgehead atoms. The zero-order valence-corrected chi connectivity index (χ0v) is 15.4. The van der Waals surface area contributed by atoms with Crippen LogP contribution in [0.3, 0.4) is 0 Å². The van der Waals surface area contributed by atoms with Crippen LogP contribution >= 0.6 is 11.8 Å². The highest BCUT2D eigenvalue weighted by Gasteiger charge is 2.56.